The molecule has 2 aromatic rings. The Labute approximate surface area is 137 Å². The van der Waals surface area contributed by atoms with Crippen LogP contribution in [0.2, 0.25) is 0 Å². The van der Waals surface area contributed by atoms with Crippen LogP contribution in [0, 0.1) is 5.92 Å². The van der Waals surface area contributed by atoms with Crippen molar-refractivity contribution in [3.63, 3.8) is 0 Å². The molecular formula is C20H23NO2. The summed E-state index contributed by atoms with van der Waals surface area (Å²) in [5.74, 6) is 1.48. The number of rotatable bonds is 5. The van der Waals surface area contributed by atoms with E-state index in [4.69, 9.17) is 4.52 Å². The number of hydrogen-bond acceptors (Lipinski definition) is 3. The lowest BCUT2D eigenvalue weighted by Gasteiger charge is -2.14. The van der Waals surface area contributed by atoms with Gasteiger partial charge in [0.05, 0.1) is 5.69 Å². The van der Waals surface area contributed by atoms with Crippen LogP contribution >= 0.6 is 0 Å². The van der Waals surface area contributed by atoms with Crippen molar-refractivity contribution in [3.8, 4) is 0 Å². The zero-order valence-electron chi connectivity index (χ0n) is 13.8. The molecule has 1 fully saturated rings. The molecule has 0 spiro atoms. The maximum atomic E-state index is 12.2. The minimum Gasteiger partial charge on any atom is -0.361 e. The van der Waals surface area contributed by atoms with E-state index in [0.717, 1.165) is 30.7 Å². The largest absolute Gasteiger partial charge is 0.361 e. The first-order valence-corrected chi connectivity index (χ1v) is 8.29. The number of allylic oxidation sites excluding steroid dienone is 2. The van der Waals surface area contributed by atoms with Gasteiger partial charge in [0.25, 0.3) is 0 Å². The minimum atomic E-state index is 0.0552. The topological polar surface area (TPSA) is 43.1 Å². The molecule has 2 unspecified atom stereocenters. The number of benzene rings is 1. The Morgan fingerprint density at radius 3 is 2.83 bits per heavy atom. The quantitative estimate of drug-likeness (QED) is 0.753. The molecule has 1 aromatic heterocycles. The molecule has 120 valence electrons. The highest BCUT2D eigenvalue weighted by atomic mass is 16.5. The Bertz CT molecular complexity index is 695. The Kier molecular flexibility index (Phi) is 4.75. The van der Waals surface area contributed by atoms with Crippen LogP contribution in [-0.2, 0) is 11.2 Å². The first-order valence-electron chi connectivity index (χ1n) is 8.29. The fraction of sp³-hybridized carbons (Fsp3) is 0.400. The summed E-state index contributed by atoms with van der Waals surface area (Å²) >= 11 is 0. The van der Waals surface area contributed by atoms with Crippen LogP contribution in [0.5, 0.6) is 0 Å². The molecule has 0 radical (unpaired) electrons. The Hall–Kier alpha value is -2.16. The van der Waals surface area contributed by atoms with Crippen molar-refractivity contribution in [1.82, 2.24) is 5.16 Å². The van der Waals surface area contributed by atoms with Gasteiger partial charge in [-0.05, 0) is 32.3 Å². The summed E-state index contributed by atoms with van der Waals surface area (Å²) in [6.45, 7) is 4.14. The summed E-state index contributed by atoms with van der Waals surface area (Å²) in [5.41, 5.74) is 3.40. The van der Waals surface area contributed by atoms with E-state index < -0.39 is 0 Å². The third-order valence-corrected chi connectivity index (χ3v) is 4.56. The van der Waals surface area contributed by atoms with E-state index in [2.05, 4.69) is 37.2 Å². The van der Waals surface area contributed by atoms with Gasteiger partial charge in [0.15, 0.2) is 0 Å². The lowest BCUT2D eigenvalue weighted by Crippen LogP contribution is -2.13. The smallest absolute Gasteiger partial charge is 0.141 e. The van der Waals surface area contributed by atoms with Crippen molar-refractivity contribution in [2.24, 2.45) is 5.92 Å². The summed E-state index contributed by atoms with van der Waals surface area (Å²) in [7, 11) is 0. The zero-order valence-corrected chi connectivity index (χ0v) is 13.8. The van der Waals surface area contributed by atoms with Crippen molar-refractivity contribution in [2.75, 3.05) is 0 Å². The first-order chi connectivity index (χ1) is 11.1. The molecule has 1 aliphatic rings. The van der Waals surface area contributed by atoms with E-state index in [1.165, 1.54) is 11.1 Å². The van der Waals surface area contributed by atoms with Gasteiger partial charge in [0.2, 0.25) is 0 Å². The highest BCUT2D eigenvalue weighted by molar-refractivity contribution is 5.84. The maximum absolute atomic E-state index is 12.2. The molecule has 0 saturated heterocycles. The molecule has 2 atom stereocenters. The van der Waals surface area contributed by atoms with Crippen LogP contribution in [0.3, 0.4) is 0 Å². The summed E-state index contributed by atoms with van der Waals surface area (Å²) in [5, 5.41) is 4.26. The van der Waals surface area contributed by atoms with Crippen molar-refractivity contribution < 1.29 is 9.32 Å². The van der Waals surface area contributed by atoms with Gasteiger partial charge < -0.3 is 4.52 Å². The number of nitrogens with zero attached hydrogens (tertiary/aromatic N) is 1. The minimum absolute atomic E-state index is 0.0552. The number of carbonyl (C=O) groups is 1. The molecular weight excluding hydrogens is 286 g/mol. The van der Waals surface area contributed by atoms with Gasteiger partial charge in [-0.25, -0.2) is 0 Å². The SMILES string of the molecule is CC(C)=CCC1C(=O)CCC1c1cc(Cc2ccccc2)on1. The zero-order chi connectivity index (χ0) is 16.2. The second-order valence-electron chi connectivity index (χ2n) is 6.62. The summed E-state index contributed by atoms with van der Waals surface area (Å²) in [6, 6.07) is 12.3. The number of carbonyl (C=O) groups excluding carboxylic acids is 1. The molecule has 1 saturated carbocycles. The Morgan fingerprint density at radius 2 is 2.09 bits per heavy atom. The van der Waals surface area contributed by atoms with Gasteiger partial charge in [0.1, 0.15) is 11.5 Å². The van der Waals surface area contributed by atoms with E-state index in [-0.39, 0.29) is 11.8 Å². The number of Topliss-reactive ketones (excluding diaryl/α,β-unsaturated/α-hetero) is 1. The van der Waals surface area contributed by atoms with Gasteiger partial charge in [-0.15, -0.1) is 0 Å². The highest BCUT2D eigenvalue weighted by Crippen LogP contribution is 2.39. The van der Waals surface area contributed by atoms with E-state index in [1.807, 2.05) is 24.3 Å². The molecule has 3 rings (SSSR count). The maximum Gasteiger partial charge on any atom is 0.141 e. The van der Waals surface area contributed by atoms with Crippen molar-refractivity contribution in [1.29, 1.82) is 0 Å². The molecule has 1 heterocycles. The Balaban J connectivity index is 1.73. The third-order valence-electron chi connectivity index (χ3n) is 4.56. The van der Waals surface area contributed by atoms with Crippen molar-refractivity contribution in [3.05, 3.63) is 65.1 Å². The summed E-state index contributed by atoms with van der Waals surface area (Å²) < 4.78 is 5.51. The molecule has 1 aliphatic carbocycles. The van der Waals surface area contributed by atoms with Gasteiger partial charge in [-0.1, -0.05) is 47.1 Å². The standard InChI is InChI=1S/C20H23NO2/c1-14(2)8-9-18-17(10-11-20(18)22)19-13-16(23-21-19)12-15-6-4-3-5-7-15/h3-8,13,17-18H,9-12H2,1-2H3. The fourth-order valence-corrected chi connectivity index (χ4v) is 3.31. The number of aromatic nitrogens is 1. The normalized spacial score (nSPS) is 20.7. The number of ketones is 1. The molecule has 23 heavy (non-hydrogen) atoms. The highest BCUT2D eigenvalue weighted by Gasteiger charge is 2.36. The van der Waals surface area contributed by atoms with Gasteiger partial charge in [0, 0.05) is 30.7 Å². The van der Waals surface area contributed by atoms with Gasteiger partial charge >= 0.3 is 0 Å². The van der Waals surface area contributed by atoms with Gasteiger partial charge in [-0.2, -0.15) is 0 Å². The fourth-order valence-electron chi connectivity index (χ4n) is 3.31. The summed E-state index contributed by atoms with van der Waals surface area (Å²) in [6.07, 6.45) is 5.26. The van der Waals surface area contributed by atoms with E-state index >= 15 is 0 Å². The van der Waals surface area contributed by atoms with Crippen LogP contribution < -0.4 is 0 Å². The average molecular weight is 309 g/mol. The first kappa shape index (κ1) is 15.7. The second-order valence-corrected chi connectivity index (χ2v) is 6.62. The van der Waals surface area contributed by atoms with Crippen LogP contribution in [-0.4, -0.2) is 10.9 Å². The summed E-state index contributed by atoms with van der Waals surface area (Å²) in [4.78, 5) is 12.2. The Morgan fingerprint density at radius 1 is 1.30 bits per heavy atom. The monoisotopic (exact) mass is 309 g/mol. The van der Waals surface area contributed by atoms with E-state index in [9.17, 15) is 4.79 Å². The molecule has 3 nitrogen and oxygen atoms in total. The molecule has 3 heteroatoms. The molecule has 0 amide bonds. The molecule has 1 aromatic carbocycles. The molecule has 0 N–H and O–H groups in total. The molecule has 0 aliphatic heterocycles. The molecule has 0 bridgehead atoms. The van der Waals surface area contributed by atoms with Gasteiger partial charge in [-0.3, -0.25) is 4.79 Å². The van der Waals surface area contributed by atoms with Crippen molar-refractivity contribution >= 4 is 5.78 Å². The van der Waals surface area contributed by atoms with Crippen LogP contribution in [0.15, 0.2) is 52.6 Å². The average Bonchev–Trinajstić information content (AvgIpc) is 3.13. The van der Waals surface area contributed by atoms with Crippen LogP contribution in [0.25, 0.3) is 0 Å². The van der Waals surface area contributed by atoms with E-state index in [1.54, 1.807) is 0 Å². The lowest BCUT2D eigenvalue weighted by molar-refractivity contribution is -0.120. The van der Waals surface area contributed by atoms with E-state index in [0.29, 0.717) is 12.2 Å². The lowest BCUT2D eigenvalue weighted by atomic mass is 9.89. The predicted octanol–water partition coefficient (Wildman–Crippen LogP) is 4.68. The van der Waals surface area contributed by atoms with Crippen LogP contribution in [0.1, 0.15) is 56.0 Å². The third kappa shape index (κ3) is 3.79. The van der Waals surface area contributed by atoms with Crippen molar-refractivity contribution in [2.45, 2.75) is 45.4 Å². The number of hydrogen-bond donors (Lipinski definition) is 0. The second kappa shape index (κ2) is 6.95. The predicted molar refractivity (Wildman–Crippen MR) is 90.3 cm³/mol. The van der Waals surface area contributed by atoms with Crippen LogP contribution in [0.4, 0.5) is 0 Å².